The van der Waals surface area contributed by atoms with Crippen molar-refractivity contribution < 1.29 is 13.2 Å². The van der Waals surface area contributed by atoms with E-state index >= 15 is 0 Å². The molecule has 0 bridgehead atoms. The lowest BCUT2D eigenvalue weighted by Crippen LogP contribution is -2.04. The molecule has 0 spiro atoms. The van der Waals surface area contributed by atoms with Gasteiger partial charge in [0, 0.05) is 0 Å². The normalized spacial score (nSPS) is 11.4. The SMILES string of the molecule is Cc1ccc(S(=O)(=O)c2nc(C)sc2Oc2ccccc2)cc1. The molecule has 118 valence electrons. The first-order valence-corrected chi connectivity index (χ1v) is 9.29. The van der Waals surface area contributed by atoms with Crippen molar-refractivity contribution >= 4 is 21.2 Å². The Kier molecular flexibility index (Phi) is 4.19. The molecular weight excluding hydrogens is 330 g/mol. The summed E-state index contributed by atoms with van der Waals surface area (Å²) in [6, 6.07) is 15.8. The maximum Gasteiger partial charge on any atom is 0.228 e. The van der Waals surface area contributed by atoms with Crippen LogP contribution in [0.3, 0.4) is 0 Å². The Hall–Kier alpha value is -2.18. The molecular formula is C17H15NO3S2. The Balaban J connectivity index is 2.04. The molecule has 23 heavy (non-hydrogen) atoms. The van der Waals surface area contributed by atoms with Gasteiger partial charge in [0.15, 0.2) is 0 Å². The van der Waals surface area contributed by atoms with Crippen molar-refractivity contribution in [3.63, 3.8) is 0 Å². The Bertz CT molecular complexity index is 914. The number of rotatable bonds is 4. The third kappa shape index (κ3) is 3.28. The zero-order valence-electron chi connectivity index (χ0n) is 12.7. The molecule has 0 radical (unpaired) electrons. The summed E-state index contributed by atoms with van der Waals surface area (Å²) in [4.78, 5) is 4.40. The highest BCUT2D eigenvalue weighted by Crippen LogP contribution is 2.37. The topological polar surface area (TPSA) is 56.3 Å². The van der Waals surface area contributed by atoms with Crippen molar-refractivity contribution in [2.45, 2.75) is 23.8 Å². The molecule has 0 saturated heterocycles. The van der Waals surface area contributed by atoms with Crippen LogP contribution in [0.1, 0.15) is 10.6 Å². The molecule has 0 saturated carbocycles. The van der Waals surface area contributed by atoms with Crippen LogP contribution < -0.4 is 4.74 Å². The minimum absolute atomic E-state index is 0.0345. The number of aromatic nitrogens is 1. The minimum atomic E-state index is -3.71. The molecule has 4 nitrogen and oxygen atoms in total. The molecule has 0 aliphatic heterocycles. The first-order chi connectivity index (χ1) is 11.0. The summed E-state index contributed by atoms with van der Waals surface area (Å²) in [5.41, 5.74) is 0.999. The van der Waals surface area contributed by atoms with E-state index in [1.54, 1.807) is 43.3 Å². The quantitative estimate of drug-likeness (QED) is 0.704. The van der Waals surface area contributed by atoms with Gasteiger partial charge in [0.25, 0.3) is 0 Å². The van der Waals surface area contributed by atoms with Gasteiger partial charge in [-0.05, 0) is 38.1 Å². The van der Waals surface area contributed by atoms with E-state index in [1.807, 2.05) is 25.1 Å². The van der Waals surface area contributed by atoms with Gasteiger partial charge < -0.3 is 4.74 Å². The molecule has 6 heteroatoms. The zero-order valence-corrected chi connectivity index (χ0v) is 14.3. The number of aryl methyl sites for hydroxylation is 2. The molecule has 1 heterocycles. The average Bonchev–Trinajstić information content (AvgIpc) is 2.90. The molecule has 0 unspecified atom stereocenters. The van der Waals surface area contributed by atoms with Crippen LogP contribution in [0.5, 0.6) is 10.8 Å². The third-order valence-corrected chi connectivity index (χ3v) is 5.87. The molecule has 0 fully saturated rings. The van der Waals surface area contributed by atoms with Crippen molar-refractivity contribution in [3.05, 3.63) is 65.2 Å². The summed E-state index contributed by atoms with van der Waals surface area (Å²) in [5, 5.41) is 0.892. The van der Waals surface area contributed by atoms with Crippen LogP contribution in [-0.2, 0) is 9.84 Å². The van der Waals surface area contributed by atoms with Gasteiger partial charge in [-0.25, -0.2) is 13.4 Å². The number of para-hydroxylation sites is 1. The summed E-state index contributed by atoms with van der Waals surface area (Å²) in [7, 11) is -3.71. The maximum absolute atomic E-state index is 12.8. The standard InChI is InChI=1S/C17H15NO3S2/c1-12-8-10-15(11-9-12)23(19,20)16-17(22-13(2)18-16)21-14-6-4-3-5-7-14/h3-11H,1-2H3. The van der Waals surface area contributed by atoms with E-state index in [9.17, 15) is 8.42 Å². The molecule has 1 aromatic heterocycles. The fraction of sp³-hybridized carbons (Fsp3) is 0.118. The van der Waals surface area contributed by atoms with Gasteiger partial charge in [-0.2, -0.15) is 0 Å². The Labute approximate surface area is 139 Å². The lowest BCUT2D eigenvalue weighted by molar-refractivity contribution is 0.478. The molecule has 0 atom stereocenters. The second kappa shape index (κ2) is 6.14. The Morgan fingerprint density at radius 3 is 2.26 bits per heavy atom. The van der Waals surface area contributed by atoms with E-state index in [-0.39, 0.29) is 15.0 Å². The number of ether oxygens (including phenoxy) is 1. The smallest absolute Gasteiger partial charge is 0.228 e. The molecule has 0 amide bonds. The maximum atomic E-state index is 12.8. The number of nitrogens with zero attached hydrogens (tertiary/aromatic N) is 1. The zero-order chi connectivity index (χ0) is 16.4. The van der Waals surface area contributed by atoms with Gasteiger partial charge in [0.1, 0.15) is 5.75 Å². The van der Waals surface area contributed by atoms with Crippen LogP contribution >= 0.6 is 11.3 Å². The van der Waals surface area contributed by atoms with Gasteiger partial charge in [-0.1, -0.05) is 47.2 Å². The van der Waals surface area contributed by atoms with E-state index in [2.05, 4.69) is 4.98 Å². The summed E-state index contributed by atoms with van der Waals surface area (Å²) >= 11 is 1.22. The lowest BCUT2D eigenvalue weighted by Gasteiger charge is -2.06. The van der Waals surface area contributed by atoms with E-state index in [0.29, 0.717) is 10.8 Å². The van der Waals surface area contributed by atoms with Gasteiger partial charge in [0.2, 0.25) is 19.9 Å². The van der Waals surface area contributed by atoms with Crippen LogP contribution in [0.4, 0.5) is 0 Å². The van der Waals surface area contributed by atoms with Crippen molar-refractivity contribution in [3.8, 4) is 10.8 Å². The molecule has 0 aliphatic rings. The number of benzene rings is 2. The highest BCUT2D eigenvalue weighted by molar-refractivity contribution is 7.91. The van der Waals surface area contributed by atoms with Crippen LogP contribution in [0.2, 0.25) is 0 Å². The first-order valence-electron chi connectivity index (χ1n) is 6.99. The fourth-order valence-corrected chi connectivity index (χ4v) is 4.47. The van der Waals surface area contributed by atoms with Gasteiger partial charge in [-0.3, -0.25) is 0 Å². The van der Waals surface area contributed by atoms with Crippen LogP contribution in [0.25, 0.3) is 0 Å². The first kappa shape index (κ1) is 15.7. The van der Waals surface area contributed by atoms with E-state index in [4.69, 9.17) is 4.74 Å². The Morgan fingerprint density at radius 2 is 1.61 bits per heavy atom. The average molecular weight is 345 g/mol. The van der Waals surface area contributed by atoms with E-state index in [1.165, 1.54) is 11.3 Å². The monoisotopic (exact) mass is 345 g/mol. The Morgan fingerprint density at radius 1 is 0.957 bits per heavy atom. The number of hydrogen-bond acceptors (Lipinski definition) is 5. The molecule has 0 aliphatic carbocycles. The molecule has 0 N–H and O–H groups in total. The second-order valence-corrected chi connectivity index (χ2v) is 8.09. The fourth-order valence-electron chi connectivity index (χ4n) is 2.05. The number of thiazole rings is 1. The highest BCUT2D eigenvalue weighted by atomic mass is 32.2. The third-order valence-electron chi connectivity index (χ3n) is 3.21. The molecule has 3 rings (SSSR count). The highest BCUT2D eigenvalue weighted by Gasteiger charge is 2.27. The van der Waals surface area contributed by atoms with Crippen molar-refractivity contribution in [2.24, 2.45) is 0 Å². The summed E-state index contributed by atoms with van der Waals surface area (Å²) in [5.74, 6) is 0.580. The number of hydrogen-bond donors (Lipinski definition) is 0. The minimum Gasteiger partial charge on any atom is -0.444 e. The summed E-state index contributed by atoms with van der Waals surface area (Å²) in [6.45, 7) is 3.67. The summed E-state index contributed by atoms with van der Waals surface area (Å²) in [6.07, 6.45) is 0. The van der Waals surface area contributed by atoms with Crippen LogP contribution in [0, 0.1) is 13.8 Å². The lowest BCUT2D eigenvalue weighted by atomic mass is 10.2. The van der Waals surface area contributed by atoms with Crippen LogP contribution in [0.15, 0.2) is 64.5 Å². The van der Waals surface area contributed by atoms with E-state index in [0.717, 1.165) is 5.56 Å². The van der Waals surface area contributed by atoms with Gasteiger partial charge in [0.05, 0.1) is 9.90 Å². The van der Waals surface area contributed by atoms with E-state index < -0.39 is 9.84 Å². The van der Waals surface area contributed by atoms with Crippen molar-refractivity contribution in [1.82, 2.24) is 4.98 Å². The molecule has 2 aromatic carbocycles. The molecule has 3 aromatic rings. The van der Waals surface area contributed by atoms with Gasteiger partial charge >= 0.3 is 0 Å². The number of sulfone groups is 1. The predicted molar refractivity (Wildman–Crippen MR) is 90.0 cm³/mol. The second-order valence-electron chi connectivity index (χ2n) is 5.06. The largest absolute Gasteiger partial charge is 0.444 e. The summed E-state index contributed by atoms with van der Waals surface area (Å²) < 4.78 is 31.4. The predicted octanol–water partition coefficient (Wildman–Crippen LogP) is 4.39. The van der Waals surface area contributed by atoms with Gasteiger partial charge in [-0.15, -0.1) is 0 Å². The van der Waals surface area contributed by atoms with Crippen molar-refractivity contribution in [2.75, 3.05) is 0 Å². The van der Waals surface area contributed by atoms with Crippen molar-refractivity contribution in [1.29, 1.82) is 0 Å². The van der Waals surface area contributed by atoms with Crippen LogP contribution in [-0.4, -0.2) is 13.4 Å².